The fourth-order valence-corrected chi connectivity index (χ4v) is 4.19. The molecule has 0 saturated carbocycles. The van der Waals surface area contributed by atoms with Gasteiger partial charge in [0.05, 0.1) is 11.1 Å². The standard InChI is InChI=1S/C21H16N4O2S2/c26-19(18-13-22-20(29-18)17-10-5-11-28-17)23-15-8-4-9-16(12-15)25-21(27)24-14-6-2-1-3-7-14/h1-13H,(H,23,26)(H2,24,25,27). The van der Waals surface area contributed by atoms with Gasteiger partial charge in [-0.3, -0.25) is 4.79 Å². The second kappa shape index (κ2) is 8.68. The lowest BCUT2D eigenvalue weighted by Gasteiger charge is -2.09. The maximum absolute atomic E-state index is 12.5. The Morgan fingerprint density at radius 3 is 2.28 bits per heavy atom. The number of para-hydroxylation sites is 1. The van der Waals surface area contributed by atoms with E-state index in [9.17, 15) is 9.59 Å². The lowest BCUT2D eigenvalue weighted by atomic mass is 10.2. The Morgan fingerprint density at radius 1 is 0.793 bits per heavy atom. The number of hydrogen-bond donors (Lipinski definition) is 3. The molecule has 0 aliphatic rings. The van der Waals surface area contributed by atoms with Crippen LogP contribution in [0.15, 0.2) is 78.3 Å². The molecule has 0 fully saturated rings. The second-order valence-electron chi connectivity index (χ2n) is 5.99. The monoisotopic (exact) mass is 420 g/mol. The summed E-state index contributed by atoms with van der Waals surface area (Å²) in [4.78, 5) is 30.5. The Kier molecular flexibility index (Phi) is 5.64. The molecule has 0 saturated heterocycles. The van der Waals surface area contributed by atoms with Crippen molar-refractivity contribution in [2.75, 3.05) is 16.0 Å². The second-order valence-corrected chi connectivity index (χ2v) is 7.97. The highest BCUT2D eigenvalue weighted by atomic mass is 32.1. The predicted octanol–water partition coefficient (Wildman–Crippen LogP) is 5.77. The minimum atomic E-state index is -0.359. The Hall–Kier alpha value is -3.49. The van der Waals surface area contributed by atoms with E-state index in [1.54, 1.807) is 53.9 Å². The highest BCUT2D eigenvalue weighted by Gasteiger charge is 2.13. The van der Waals surface area contributed by atoms with Gasteiger partial charge in [-0.1, -0.05) is 30.3 Å². The van der Waals surface area contributed by atoms with E-state index in [2.05, 4.69) is 20.9 Å². The smallest absolute Gasteiger partial charge is 0.321 e. The number of nitrogens with zero attached hydrogens (tertiary/aromatic N) is 1. The van der Waals surface area contributed by atoms with E-state index < -0.39 is 0 Å². The first kappa shape index (κ1) is 18.9. The SMILES string of the molecule is O=C(Nc1ccccc1)Nc1cccc(NC(=O)c2cnc(-c3cccs3)s2)c1. The van der Waals surface area contributed by atoms with Gasteiger partial charge in [0.1, 0.15) is 9.88 Å². The van der Waals surface area contributed by atoms with Crippen LogP contribution in [0.3, 0.4) is 0 Å². The number of benzene rings is 2. The van der Waals surface area contributed by atoms with Crippen LogP contribution in [0.5, 0.6) is 0 Å². The van der Waals surface area contributed by atoms with Gasteiger partial charge in [0, 0.05) is 17.1 Å². The quantitative estimate of drug-likeness (QED) is 0.383. The first-order chi connectivity index (χ1) is 14.2. The van der Waals surface area contributed by atoms with E-state index in [-0.39, 0.29) is 11.9 Å². The summed E-state index contributed by atoms with van der Waals surface area (Å²) >= 11 is 2.92. The molecule has 144 valence electrons. The van der Waals surface area contributed by atoms with Crippen molar-refractivity contribution >= 4 is 51.7 Å². The van der Waals surface area contributed by atoms with Crippen LogP contribution in [0.25, 0.3) is 9.88 Å². The third-order valence-corrected chi connectivity index (χ3v) is 5.91. The Balaban J connectivity index is 1.39. The summed E-state index contributed by atoms with van der Waals surface area (Å²) in [5.74, 6) is -0.240. The maximum atomic E-state index is 12.5. The van der Waals surface area contributed by atoms with Crippen molar-refractivity contribution in [3.05, 3.63) is 83.2 Å². The number of urea groups is 1. The van der Waals surface area contributed by atoms with Crippen LogP contribution in [0.4, 0.5) is 21.9 Å². The molecule has 0 bridgehead atoms. The van der Waals surface area contributed by atoms with Gasteiger partial charge >= 0.3 is 6.03 Å². The number of anilines is 3. The average Bonchev–Trinajstić information content (AvgIpc) is 3.41. The first-order valence-corrected chi connectivity index (χ1v) is 10.4. The number of thiazole rings is 1. The molecule has 3 amide bonds. The molecule has 0 spiro atoms. The molecule has 4 rings (SSSR count). The molecule has 2 aromatic carbocycles. The first-order valence-electron chi connectivity index (χ1n) is 8.71. The Bertz CT molecular complexity index is 1120. The number of carbonyl (C=O) groups excluding carboxylic acids is 2. The summed E-state index contributed by atoms with van der Waals surface area (Å²) in [6.45, 7) is 0. The number of nitrogens with one attached hydrogen (secondary N) is 3. The third-order valence-electron chi connectivity index (χ3n) is 3.87. The van der Waals surface area contributed by atoms with Crippen LogP contribution in [0.1, 0.15) is 9.67 Å². The average molecular weight is 421 g/mol. The van der Waals surface area contributed by atoms with E-state index in [4.69, 9.17) is 0 Å². The van der Waals surface area contributed by atoms with Gasteiger partial charge < -0.3 is 16.0 Å². The van der Waals surface area contributed by atoms with Crippen LogP contribution in [0, 0.1) is 0 Å². The maximum Gasteiger partial charge on any atom is 0.323 e. The van der Waals surface area contributed by atoms with Gasteiger partial charge in [-0.05, 0) is 41.8 Å². The van der Waals surface area contributed by atoms with Crippen LogP contribution in [0.2, 0.25) is 0 Å². The van der Waals surface area contributed by atoms with E-state index >= 15 is 0 Å². The zero-order chi connectivity index (χ0) is 20.1. The lowest BCUT2D eigenvalue weighted by molar-refractivity contribution is 0.103. The molecule has 0 radical (unpaired) electrons. The number of carbonyl (C=O) groups is 2. The molecule has 2 aromatic heterocycles. The summed E-state index contributed by atoms with van der Waals surface area (Å²) in [6, 6.07) is 19.7. The van der Waals surface area contributed by atoms with Crippen molar-refractivity contribution in [3.63, 3.8) is 0 Å². The molecule has 0 atom stereocenters. The molecule has 4 aromatic rings. The van der Waals surface area contributed by atoms with Crippen molar-refractivity contribution in [1.82, 2.24) is 4.98 Å². The highest BCUT2D eigenvalue weighted by Crippen LogP contribution is 2.29. The number of amides is 3. The largest absolute Gasteiger partial charge is 0.323 e. The molecule has 0 unspecified atom stereocenters. The number of thiophene rings is 1. The van der Waals surface area contributed by atoms with E-state index in [1.807, 2.05) is 35.7 Å². The fraction of sp³-hybridized carbons (Fsp3) is 0. The molecule has 0 aliphatic heterocycles. The molecule has 6 nitrogen and oxygen atoms in total. The fourth-order valence-electron chi connectivity index (χ4n) is 2.58. The Labute approximate surface area is 175 Å². The van der Waals surface area contributed by atoms with Crippen LogP contribution in [-0.2, 0) is 0 Å². The van der Waals surface area contributed by atoms with Crippen molar-refractivity contribution in [3.8, 4) is 9.88 Å². The molecule has 8 heteroatoms. The van der Waals surface area contributed by atoms with Crippen molar-refractivity contribution < 1.29 is 9.59 Å². The van der Waals surface area contributed by atoms with Gasteiger partial charge in [-0.25, -0.2) is 9.78 Å². The molecule has 29 heavy (non-hydrogen) atoms. The van der Waals surface area contributed by atoms with E-state index in [0.717, 1.165) is 9.88 Å². The number of aromatic nitrogens is 1. The van der Waals surface area contributed by atoms with Crippen LogP contribution >= 0.6 is 22.7 Å². The molecule has 3 N–H and O–H groups in total. The summed E-state index contributed by atoms with van der Waals surface area (Å²) in [5, 5.41) is 11.1. The van der Waals surface area contributed by atoms with Gasteiger partial charge in [-0.15, -0.1) is 22.7 Å². The minimum absolute atomic E-state index is 0.240. The highest BCUT2D eigenvalue weighted by molar-refractivity contribution is 7.22. The molecule has 0 aliphatic carbocycles. The van der Waals surface area contributed by atoms with Crippen molar-refractivity contribution in [1.29, 1.82) is 0 Å². The zero-order valence-corrected chi connectivity index (χ0v) is 16.7. The minimum Gasteiger partial charge on any atom is -0.321 e. The molecular weight excluding hydrogens is 404 g/mol. The zero-order valence-electron chi connectivity index (χ0n) is 15.1. The van der Waals surface area contributed by atoms with Crippen molar-refractivity contribution in [2.24, 2.45) is 0 Å². The summed E-state index contributed by atoms with van der Waals surface area (Å²) in [6.07, 6.45) is 1.57. The van der Waals surface area contributed by atoms with Crippen LogP contribution < -0.4 is 16.0 Å². The summed E-state index contributed by atoms with van der Waals surface area (Å²) in [7, 11) is 0. The van der Waals surface area contributed by atoms with Gasteiger partial charge in [0.25, 0.3) is 5.91 Å². The Morgan fingerprint density at radius 2 is 1.52 bits per heavy atom. The number of rotatable bonds is 5. The predicted molar refractivity (Wildman–Crippen MR) is 119 cm³/mol. The van der Waals surface area contributed by atoms with Crippen LogP contribution in [-0.4, -0.2) is 16.9 Å². The lowest BCUT2D eigenvalue weighted by Crippen LogP contribution is -2.19. The van der Waals surface area contributed by atoms with E-state index in [0.29, 0.717) is 21.9 Å². The van der Waals surface area contributed by atoms with Gasteiger partial charge in [0.2, 0.25) is 0 Å². The van der Waals surface area contributed by atoms with Gasteiger partial charge in [-0.2, -0.15) is 0 Å². The number of hydrogen-bond acceptors (Lipinski definition) is 5. The topological polar surface area (TPSA) is 83.1 Å². The normalized spacial score (nSPS) is 10.3. The third kappa shape index (κ3) is 4.87. The molecular formula is C21H16N4O2S2. The summed E-state index contributed by atoms with van der Waals surface area (Å²) in [5.41, 5.74) is 1.85. The van der Waals surface area contributed by atoms with Crippen molar-refractivity contribution in [2.45, 2.75) is 0 Å². The van der Waals surface area contributed by atoms with Gasteiger partial charge in [0.15, 0.2) is 0 Å². The van der Waals surface area contributed by atoms with E-state index in [1.165, 1.54) is 11.3 Å². The molecule has 2 heterocycles. The summed E-state index contributed by atoms with van der Waals surface area (Å²) < 4.78 is 0.